The van der Waals surface area contributed by atoms with E-state index in [4.69, 9.17) is 17.3 Å². The third-order valence-electron chi connectivity index (χ3n) is 2.55. The van der Waals surface area contributed by atoms with Crippen LogP contribution in [0.5, 0.6) is 0 Å². The minimum absolute atomic E-state index is 0.259. The predicted molar refractivity (Wildman–Crippen MR) is 76.3 cm³/mol. The van der Waals surface area contributed by atoms with Gasteiger partial charge in [-0.2, -0.15) is 0 Å². The number of carbonyl (C=O) groups is 2. The number of carboxylic acids is 1. The van der Waals surface area contributed by atoms with Crippen LogP contribution in [0, 0.1) is 0 Å². The lowest BCUT2D eigenvalue weighted by molar-refractivity contribution is -0.144. The molecule has 1 aliphatic rings. The molecule has 0 aromatic carbocycles. The number of nitrogens with zero attached hydrogens (tertiary/aromatic N) is 2. The smallest absolute Gasteiger partial charge is 0.326 e. The Balaban J connectivity index is 2.28. The van der Waals surface area contributed by atoms with Gasteiger partial charge >= 0.3 is 5.97 Å². The molecule has 0 aliphatic carbocycles. The van der Waals surface area contributed by atoms with E-state index in [0.29, 0.717) is 4.91 Å². The van der Waals surface area contributed by atoms with Crippen LogP contribution in [0.4, 0.5) is 0 Å². The maximum Gasteiger partial charge on any atom is 0.326 e. The molecule has 1 saturated heterocycles. The molecule has 0 spiro atoms. The van der Waals surface area contributed by atoms with Gasteiger partial charge in [-0.15, -0.1) is 0 Å². The highest BCUT2D eigenvalue weighted by molar-refractivity contribution is 8.26. The molecule has 1 aliphatic heterocycles. The van der Waals surface area contributed by atoms with Gasteiger partial charge in [-0.1, -0.05) is 30.0 Å². The Kier molecular flexibility index (Phi) is 3.96. The molecular weight excluding hydrogens is 284 g/mol. The Morgan fingerprint density at radius 2 is 2.37 bits per heavy atom. The molecule has 1 aromatic heterocycles. The fraction of sp³-hybridized carbons (Fsp3) is 0.167. The van der Waals surface area contributed by atoms with Crippen molar-refractivity contribution in [1.82, 2.24) is 9.88 Å². The topological polar surface area (TPSA) is 70.5 Å². The molecule has 1 fully saturated rings. The van der Waals surface area contributed by atoms with Crippen molar-refractivity contribution in [3.05, 3.63) is 35.0 Å². The first-order valence-electron chi connectivity index (χ1n) is 5.40. The van der Waals surface area contributed by atoms with Crippen molar-refractivity contribution in [1.29, 1.82) is 0 Å². The van der Waals surface area contributed by atoms with E-state index >= 15 is 0 Å². The van der Waals surface area contributed by atoms with Crippen LogP contribution < -0.4 is 0 Å². The standard InChI is InChI=1S/C12H10N2O3S2/c1-7(11(16)17)14-10(15)9(19-12(14)18)5-8-3-2-4-13-6-8/h2-7H,1H3,(H,16,17)/b9-5-. The van der Waals surface area contributed by atoms with E-state index in [1.807, 2.05) is 0 Å². The lowest BCUT2D eigenvalue weighted by Gasteiger charge is -2.18. The van der Waals surface area contributed by atoms with E-state index in [-0.39, 0.29) is 10.2 Å². The molecule has 0 bridgehead atoms. The van der Waals surface area contributed by atoms with Crippen molar-refractivity contribution in [3.63, 3.8) is 0 Å². The number of hydrogen-bond donors (Lipinski definition) is 1. The summed E-state index contributed by atoms with van der Waals surface area (Å²) in [5, 5.41) is 8.96. The van der Waals surface area contributed by atoms with Gasteiger partial charge in [0.1, 0.15) is 10.4 Å². The van der Waals surface area contributed by atoms with Crippen molar-refractivity contribution in [2.24, 2.45) is 0 Å². The van der Waals surface area contributed by atoms with Crippen molar-refractivity contribution in [3.8, 4) is 0 Å². The number of thioether (sulfide) groups is 1. The first-order valence-corrected chi connectivity index (χ1v) is 6.63. The number of aliphatic carboxylic acids is 1. The molecule has 5 nitrogen and oxygen atoms in total. The second-order valence-electron chi connectivity index (χ2n) is 3.85. The summed E-state index contributed by atoms with van der Waals surface area (Å²) >= 11 is 6.15. The number of aromatic nitrogens is 1. The van der Waals surface area contributed by atoms with Crippen LogP contribution in [0.25, 0.3) is 6.08 Å². The third-order valence-corrected chi connectivity index (χ3v) is 3.88. The van der Waals surface area contributed by atoms with Crippen molar-refractivity contribution >= 4 is 46.3 Å². The zero-order valence-corrected chi connectivity index (χ0v) is 11.6. The van der Waals surface area contributed by atoms with Crippen LogP contribution in [0.2, 0.25) is 0 Å². The van der Waals surface area contributed by atoms with Crippen molar-refractivity contribution < 1.29 is 14.7 Å². The summed E-state index contributed by atoms with van der Waals surface area (Å²) < 4.78 is 0.259. The number of pyridine rings is 1. The maximum absolute atomic E-state index is 12.1. The number of amides is 1. The Morgan fingerprint density at radius 1 is 1.63 bits per heavy atom. The normalized spacial score (nSPS) is 19.0. The summed E-state index contributed by atoms with van der Waals surface area (Å²) in [7, 11) is 0. The summed E-state index contributed by atoms with van der Waals surface area (Å²) in [6, 6.07) is 2.60. The number of hydrogen-bond acceptors (Lipinski definition) is 5. The molecule has 0 saturated carbocycles. The minimum Gasteiger partial charge on any atom is -0.480 e. The fourth-order valence-corrected chi connectivity index (χ4v) is 2.96. The van der Waals surface area contributed by atoms with Gasteiger partial charge in [0.15, 0.2) is 0 Å². The van der Waals surface area contributed by atoms with E-state index in [9.17, 15) is 9.59 Å². The van der Waals surface area contributed by atoms with Crippen LogP contribution in [0.15, 0.2) is 29.4 Å². The zero-order chi connectivity index (χ0) is 14.0. The van der Waals surface area contributed by atoms with Crippen LogP contribution >= 0.6 is 24.0 Å². The largest absolute Gasteiger partial charge is 0.480 e. The Labute approximate surface area is 119 Å². The molecular formula is C12H10N2O3S2. The first-order chi connectivity index (χ1) is 9.00. The van der Waals surface area contributed by atoms with Crippen LogP contribution in [0.3, 0.4) is 0 Å². The maximum atomic E-state index is 12.1. The highest BCUT2D eigenvalue weighted by Gasteiger charge is 2.38. The molecule has 1 amide bonds. The van der Waals surface area contributed by atoms with Gasteiger partial charge in [0, 0.05) is 12.4 Å². The summed E-state index contributed by atoms with van der Waals surface area (Å²) in [5.41, 5.74) is 0.769. The second-order valence-corrected chi connectivity index (χ2v) is 5.53. The average Bonchev–Trinajstić information content (AvgIpc) is 2.65. The number of carbonyl (C=O) groups excluding carboxylic acids is 1. The molecule has 1 atom stereocenters. The van der Waals surface area contributed by atoms with Gasteiger partial charge in [-0.05, 0) is 24.6 Å². The number of carboxylic acid groups (broad SMARTS) is 1. The van der Waals surface area contributed by atoms with Crippen molar-refractivity contribution in [2.75, 3.05) is 0 Å². The van der Waals surface area contributed by atoms with Gasteiger partial charge in [0.05, 0.1) is 4.91 Å². The number of rotatable bonds is 3. The van der Waals surface area contributed by atoms with E-state index in [1.54, 1.807) is 30.6 Å². The molecule has 2 heterocycles. The fourth-order valence-electron chi connectivity index (χ4n) is 1.54. The molecule has 1 unspecified atom stereocenters. The number of thiocarbonyl (C=S) groups is 1. The Hall–Kier alpha value is -1.73. The monoisotopic (exact) mass is 294 g/mol. The first kappa shape index (κ1) is 13.7. The van der Waals surface area contributed by atoms with E-state index < -0.39 is 12.0 Å². The summed E-state index contributed by atoms with van der Waals surface area (Å²) in [6.45, 7) is 1.43. The third kappa shape index (κ3) is 2.82. The highest BCUT2D eigenvalue weighted by atomic mass is 32.2. The quantitative estimate of drug-likeness (QED) is 0.676. The highest BCUT2D eigenvalue weighted by Crippen LogP contribution is 2.33. The lowest BCUT2D eigenvalue weighted by atomic mass is 10.2. The lowest BCUT2D eigenvalue weighted by Crippen LogP contribution is -2.41. The molecule has 98 valence electrons. The van der Waals surface area contributed by atoms with E-state index in [0.717, 1.165) is 22.2 Å². The summed E-state index contributed by atoms with van der Waals surface area (Å²) in [4.78, 5) is 28.6. The van der Waals surface area contributed by atoms with Gasteiger partial charge in [0.2, 0.25) is 0 Å². The molecule has 7 heteroatoms. The van der Waals surface area contributed by atoms with Gasteiger partial charge < -0.3 is 5.11 Å². The van der Waals surface area contributed by atoms with Crippen LogP contribution in [-0.4, -0.2) is 37.2 Å². The molecule has 1 aromatic rings. The SMILES string of the molecule is CC(C(=O)O)N1C(=O)/C(=C/c2cccnc2)SC1=S. The molecule has 19 heavy (non-hydrogen) atoms. The van der Waals surface area contributed by atoms with Crippen LogP contribution in [-0.2, 0) is 9.59 Å². The molecule has 1 N–H and O–H groups in total. The van der Waals surface area contributed by atoms with Gasteiger partial charge in [0.25, 0.3) is 5.91 Å². The van der Waals surface area contributed by atoms with E-state index in [1.165, 1.54) is 6.92 Å². The van der Waals surface area contributed by atoms with Crippen molar-refractivity contribution in [2.45, 2.75) is 13.0 Å². The average molecular weight is 294 g/mol. The predicted octanol–water partition coefficient (Wildman–Crippen LogP) is 1.76. The summed E-state index contributed by atoms with van der Waals surface area (Å²) in [6.07, 6.45) is 4.91. The zero-order valence-electron chi connectivity index (χ0n) is 9.94. The Bertz CT molecular complexity index is 572. The molecule has 2 rings (SSSR count). The van der Waals surface area contributed by atoms with Gasteiger partial charge in [-0.3, -0.25) is 14.7 Å². The van der Waals surface area contributed by atoms with Crippen LogP contribution in [0.1, 0.15) is 12.5 Å². The van der Waals surface area contributed by atoms with E-state index in [2.05, 4.69) is 4.98 Å². The Morgan fingerprint density at radius 3 is 2.95 bits per heavy atom. The second kappa shape index (κ2) is 5.50. The molecule has 0 radical (unpaired) electrons. The summed E-state index contributed by atoms with van der Waals surface area (Å²) in [5.74, 6) is -1.47. The minimum atomic E-state index is -1.08. The van der Waals surface area contributed by atoms with Gasteiger partial charge in [-0.25, -0.2) is 4.79 Å².